The average Bonchev–Trinajstić information content (AvgIpc) is 3.48. The minimum Gasteiger partial charge on any atom is -0.493 e. The lowest BCUT2D eigenvalue weighted by Crippen LogP contribution is -2.07. The normalized spacial score (nSPS) is 10.8. The summed E-state index contributed by atoms with van der Waals surface area (Å²) in [6.07, 6.45) is 1.63. The van der Waals surface area contributed by atoms with Crippen molar-refractivity contribution < 1.29 is 18.7 Å². The first-order chi connectivity index (χ1) is 15.2. The van der Waals surface area contributed by atoms with Crippen LogP contribution in [-0.2, 0) is 6.54 Å². The number of rotatable bonds is 9. The van der Waals surface area contributed by atoms with E-state index in [0.717, 1.165) is 17.1 Å². The molecule has 0 atom stereocenters. The lowest BCUT2D eigenvalue weighted by atomic mass is 10.1. The number of hydrogen-bond acceptors (Lipinski definition) is 7. The van der Waals surface area contributed by atoms with E-state index in [9.17, 15) is 4.79 Å². The minimum atomic E-state index is -0.0419. The molecular weight excluding hydrogens is 414 g/mol. The molecule has 0 spiro atoms. The van der Waals surface area contributed by atoms with Gasteiger partial charge in [0.25, 0.3) is 0 Å². The maximum Gasteiger partial charge on any atom is 0.192 e. The number of Topliss-reactive ketones (excluding diaryl/α,β-unsaturated/α-hetero) is 1. The van der Waals surface area contributed by atoms with Gasteiger partial charge in [-0.25, -0.2) is 0 Å². The minimum absolute atomic E-state index is 0.0419. The molecule has 4 aromatic rings. The molecule has 0 aliphatic rings. The van der Waals surface area contributed by atoms with Gasteiger partial charge in [-0.3, -0.25) is 9.36 Å². The van der Waals surface area contributed by atoms with Crippen molar-refractivity contribution in [2.24, 2.45) is 0 Å². The highest BCUT2D eigenvalue weighted by Gasteiger charge is 2.18. The molecule has 0 saturated heterocycles. The Morgan fingerprint density at radius 2 is 1.81 bits per heavy atom. The zero-order valence-electron chi connectivity index (χ0n) is 17.1. The van der Waals surface area contributed by atoms with Crippen molar-refractivity contribution in [3.63, 3.8) is 0 Å². The van der Waals surface area contributed by atoms with Crippen LogP contribution in [0.2, 0.25) is 0 Å². The van der Waals surface area contributed by atoms with Gasteiger partial charge < -0.3 is 13.9 Å². The van der Waals surface area contributed by atoms with Crippen LogP contribution in [0, 0.1) is 0 Å². The smallest absolute Gasteiger partial charge is 0.192 e. The fourth-order valence-electron chi connectivity index (χ4n) is 3.12. The first-order valence-corrected chi connectivity index (χ1v) is 10.6. The molecule has 0 saturated carbocycles. The lowest BCUT2D eigenvalue weighted by molar-refractivity contribution is 0.102. The van der Waals surface area contributed by atoms with E-state index in [4.69, 9.17) is 13.9 Å². The van der Waals surface area contributed by atoms with Crippen LogP contribution in [0.3, 0.4) is 0 Å². The number of carbonyl (C=O) groups is 1. The average molecular weight is 436 g/mol. The predicted molar refractivity (Wildman–Crippen MR) is 118 cm³/mol. The predicted octanol–water partition coefficient (Wildman–Crippen LogP) is 4.58. The zero-order chi connectivity index (χ0) is 21.6. The molecule has 8 heteroatoms. The quantitative estimate of drug-likeness (QED) is 0.281. The molecular formula is C23H21N3O4S. The number of thioether (sulfide) groups is 1. The second-order valence-electron chi connectivity index (χ2n) is 6.62. The van der Waals surface area contributed by atoms with E-state index in [0.29, 0.717) is 28.8 Å². The summed E-state index contributed by atoms with van der Waals surface area (Å²) in [5.41, 5.74) is 1.49. The zero-order valence-corrected chi connectivity index (χ0v) is 18.0. The number of ketones is 1. The fourth-order valence-corrected chi connectivity index (χ4v) is 3.95. The second kappa shape index (κ2) is 9.53. The van der Waals surface area contributed by atoms with E-state index in [-0.39, 0.29) is 11.5 Å². The topological polar surface area (TPSA) is 79.4 Å². The van der Waals surface area contributed by atoms with Gasteiger partial charge in [-0.2, -0.15) is 0 Å². The molecule has 31 heavy (non-hydrogen) atoms. The Morgan fingerprint density at radius 1 is 1.00 bits per heavy atom. The molecule has 0 aliphatic heterocycles. The number of benzene rings is 2. The largest absolute Gasteiger partial charge is 0.493 e. The van der Waals surface area contributed by atoms with Gasteiger partial charge in [0.1, 0.15) is 5.76 Å². The highest BCUT2D eigenvalue weighted by Crippen LogP contribution is 2.29. The summed E-state index contributed by atoms with van der Waals surface area (Å²) >= 11 is 1.34. The van der Waals surface area contributed by atoms with E-state index >= 15 is 0 Å². The van der Waals surface area contributed by atoms with Gasteiger partial charge in [-0.05, 0) is 30.3 Å². The van der Waals surface area contributed by atoms with Crippen LogP contribution in [0.5, 0.6) is 11.5 Å². The molecule has 0 N–H and O–H groups in total. The van der Waals surface area contributed by atoms with E-state index in [1.54, 1.807) is 38.7 Å². The van der Waals surface area contributed by atoms with E-state index < -0.39 is 0 Å². The Hall–Kier alpha value is -3.52. The van der Waals surface area contributed by atoms with Crippen LogP contribution in [0.1, 0.15) is 16.1 Å². The van der Waals surface area contributed by atoms with Crippen LogP contribution in [0.4, 0.5) is 0 Å². The Labute approximate surface area is 184 Å². The number of hydrogen-bond donors (Lipinski definition) is 0. The number of ether oxygens (including phenoxy) is 2. The molecule has 158 valence electrons. The van der Waals surface area contributed by atoms with Crippen molar-refractivity contribution in [3.05, 3.63) is 78.3 Å². The maximum atomic E-state index is 12.8. The molecule has 0 fully saturated rings. The lowest BCUT2D eigenvalue weighted by Gasteiger charge is -2.10. The van der Waals surface area contributed by atoms with Crippen LogP contribution < -0.4 is 9.47 Å². The molecule has 2 aromatic carbocycles. The highest BCUT2D eigenvalue weighted by atomic mass is 32.2. The van der Waals surface area contributed by atoms with Gasteiger partial charge in [-0.15, -0.1) is 10.2 Å². The third-order valence-corrected chi connectivity index (χ3v) is 5.65. The van der Waals surface area contributed by atoms with Crippen molar-refractivity contribution in [2.45, 2.75) is 11.7 Å². The summed E-state index contributed by atoms with van der Waals surface area (Å²) < 4.78 is 18.0. The summed E-state index contributed by atoms with van der Waals surface area (Å²) in [4.78, 5) is 12.8. The number of methoxy groups -OCH3 is 2. The van der Waals surface area contributed by atoms with Crippen molar-refractivity contribution in [2.75, 3.05) is 20.0 Å². The van der Waals surface area contributed by atoms with Crippen LogP contribution in [-0.4, -0.2) is 40.5 Å². The molecule has 2 aromatic heterocycles. The van der Waals surface area contributed by atoms with Crippen LogP contribution in [0.15, 0.2) is 76.5 Å². The van der Waals surface area contributed by atoms with E-state index in [2.05, 4.69) is 10.2 Å². The molecule has 2 heterocycles. The SMILES string of the molecule is COc1ccc(C(=O)CSc2nnc(-c3ccccc3)n2Cc2ccco2)cc1OC. The molecule has 0 aliphatic carbocycles. The molecule has 0 unspecified atom stereocenters. The van der Waals surface area contributed by atoms with Gasteiger partial charge in [0.05, 0.1) is 32.8 Å². The van der Waals surface area contributed by atoms with Crippen molar-refractivity contribution >= 4 is 17.5 Å². The van der Waals surface area contributed by atoms with Crippen LogP contribution >= 0.6 is 11.8 Å². The van der Waals surface area contributed by atoms with Gasteiger partial charge in [0.15, 0.2) is 28.3 Å². The Morgan fingerprint density at radius 3 is 2.52 bits per heavy atom. The van der Waals surface area contributed by atoms with Gasteiger partial charge in [0, 0.05) is 11.1 Å². The van der Waals surface area contributed by atoms with Crippen LogP contribution in [0.25, 0.3) is 11.4 Å². The Balaban J connectivity index is 1.57. The molecule has 0 amide bonds. The number of carbonyl (C=O) groups excluding carboxylic acids is 1. The van der Waals surface area contributed by atoms with E-state index in [1.165, 1.54) is 11.8 Å². The first-order valence-electron chi connectivity index (χ1n) is 9.58. The summed E-state index contributed by atoms with van der Waals surface area (Å²) in [6, 6.07) is 18.7. The van der Waals surface area contributed by atoms with Gasteiger partial charge >= 0.3 is 0 Å². The van der Waals surface area contributed by atoms with Crippen molar-refractivity contribution in [1.82, 2.24) is 14.8 Å². The van der Waals surface area contributed by atoms with E-state index in [1.807, 2.05) is 47.0 Å². The van der Waals surface area contributed by atoms with Gasteiger partial charge in [-0.1, -0.05) is 42.1 Å². The number of furan rings is 1. The maximum absolute atomic E-state index is 12.8. The molecule has 4 rings (SSSR count). The fraction of sp³-hybridized carbons (Fsp3) is 0.174. The Kier molecular flexibility index (Phi) is 6.37. The summed E-state index contributed by atoms with van der Waals surface area (Å²) in [5, 5.41) is 9.35. The second-order valence-corrected chi connectivity index (χ2v) is 7.56. The third-order valence-electron chi connectivity index (χ3n) is 4.68. The first kappa shape index (κ1) is 20.7. The highest BCUT2D eigenvalue weighted by molar-refractivity contribution is 7.99. The van der Waals surface area contributed by atoms with Gasteiger partial charge in [0.2, 0.25) is 0 Å². The number of nitrogens with zero attached hydrogens (tertiary/aromatic N) is 3. The standard InChI is InChI=1S/C23H21N3O4S/c1-28-20-11-10-17(13-21(20)29-2)19(27)15-31-23-25-24-22(16-7-4-3-5-8-16)26(23)14-18-9-6-12-30-18/h3-13H,14-15H2,1-2H3. The summed E-state index contributed by atoms with van der Waals surface area (Å²) in [5.74, 6) is 2.77. The number of aromatic nitrogens is 3. The molecule has 0 bridgehead atoms. The summed E-state index contributed by atoms with van der Waals surface area (Å²) in [6.45, 7) is 0.469. The van der Waals surface area contributed by atoms with Crippen molar-refractivity contribution in [1.29, 1.82) is 0 Å². The molecule has 0 radical (unpaired) electrons. The summed E-state index contributed by atoms with van der Waals surface area (Å²) in [7, 11) is 3.11. The third kappa shape index (κ3) is 4.64. The monoisotopic (exact) mass is 435 g/mol. The molecule has 7 nitrogen and oxygen atoms in total. The van der Waals surface area contributed by atoms with Crippen molar-refractivity contribution in [3.8, 4) is 22.9 Å². The Bertz CT molecular complexity index is 1160.